The van der Waals surface area contributed by atoms with Gasteiger partial charge < -0.3 is 20.1 Å². The van der Waals surface area contributed by atoms with Gasteiger partial charge in [0.05, 0.1) is 12.1 Å². The first-order valence-corrected chi connectivity index (χ1v) is 10.6. The molecule has 0 bridgehead atoms. The first-order valence-electron chi connectivity index (χ1n) is 10.6. The van der Waals surface area contributed by atoms with E-state index in [0.29, 0.717) is 31.6 Å². The maximum atomic E-state index is 13.4. The third-order valence-corrected chi connectivity index (χ3v) is 5.19. The number of hydrogen-bond acceptors (Lipinski definition) is 7. The number of benzene rings is 3. The first-order chi connectivity index (χ1) is 16.1. The van der Waals surface area contributed by atoms with E-state index in [4.69, 9.17) is 9.47 Å². The van der Waals surface area contributed by atoms with Crippen LogP contribution in [0.2, 0.25) is 0 Å². The number of hydrogen-bond donors (Lipinski definition) is 2. The summed E-state index contributed by atoms with van der Waals surface area (Å²) in [5, 5.41) is 7.41. The van der Waals surface area contributed by atoms with Crippen LogP contribution in [0, 0.1) is 12.7 Å². The number of rotatable bonds is 6. The molecular formula is C25H22FN5O2. The second-order valence-electron chi connectivity index (χ2n) is 7.64. The van der Waals surface area contributed by atoms with Gasteiger partial charge >= 0.3 is 0 Å². The molecule has 2 N–H and O–H groups in total. The molecule has 0 fully saturated rings. The highest BCUT2D eigenvalue weighted by molar-refractivity contribution is 5.97. The lowest BCUT2D eigenvalue weighted by Gasteiger charge is -2.13. The quantitative estimate of drug-likeness (QED) is 0.426. The molecule has 1 aromatic heterocycles. The standard InChI is InChI=1S/C25H22FN5O2/c1-16-11-19(6-8-23(16)33-14-17-3-2-4-18(26)12-17)30-24-21-13-20(31-25-27-9-10-32-25)5-7-22(21)28-15-29-24/h2-8,11-13,15H,9-10,14H2,1H3,(H,27,31)(H,28,29,30). The minimum Gasteiger partial charge on any atom is -0.489 e. The number of aromatic nitrogens is 2. The minimum absolute atomic E-state index is 0.272. The second-order valence-corrected chi connectivity index (χ2v) is 7.64. The molecule has 0 saturated heterocycles. The van der Waals surface area contributed by atoms with Gasteiger partial charge in [0.1, 0.15) is 36.9 Å². The van der Waals surface area contributed by atoms with Crippen molar-refractivity contribution in [2.45, 2.75) is 13.5 Å². The Morgan fingerprint density at radius 2 is 1.88 bits per heavy atom. The van der Waals surface area contributed by atoms with E-state index < -0.39 is 0 Å². The zero-order valence-corrected chi connectivity index (χ0v) is 18.0. The van der Waals surface area contributed by atoms with Gasteiger partial charge in [-0.3, -0.25) is 0 Å². The lowest BCUT2D eigenvalue weighted by atomic mass is 10.1. The smallest absolute Gasteiger partial charge is 0.289 e. The summed E-state index contributed by atoms with van der Waals surface area (Å²) >= 11 is 0. The van der Waals surface area contributed by atoms with E-state index in [1.165, 1.54) is 18.5 Å². The van der Waals surface area contributed by atoms with E-state index in [-0.39, 0.29) is 5.82 Å². The van der Waals surface area contributed by atoms with Gasteiger partial charge in [-0.25, -0.2) is 19.4 Å². The summed E-state index contributed by atoms with van der Waals surface area (Å²) in [7, 11) is 0. The van der Waals surface area contributed by atoms with Crippen molar-refractivity contribution >= 4 is 34.1 Å². The molecule has 7 nitrogen and oxygen atoms in total. The Kier molecular flexibility index (Phi) is 5.72. The van der Waals surface area contributed by atoms with Crippen molar-refractivity contribution in [3.05, 3.63) is 83.9 Å². The van der Waals surface area contributed by atoms with Gasteiger partial charge in [-0.1, -0.05) is 12.1 Å². The van der Waals surface area contributed by atoms with Crippen LogP contribution in [-0.4, -0.2) is 29.1 Å². The van der Waals surface area contributed by atoms with Crippen LogP contribution in [0.3, 0.4) is 0 Å². The molecule has 0 unspecified atom stereocenters. The molecule has 0 spiro atoms. The lowest BCUT2D eigenvalue weighted by molar-refractivity contribution is 0.303. The fourth-order valence-corrected chi connectivity index (χ4v) is 3.58. The molecule has 5 rings (SSSR count). The number of anilines is 3. The number of amidine groups is 1. The normalized spacial score (nSPS) is 12.8. The van der Waals surface area contributed by atoms with Crippen LogP contribution in [0.4, 0.5) is 21.6 Å². The Labute approximate surface area is 190 Å². The maximum absolute atomic E-state index is 13.4. The average molecular weight is 443 g/mol. The molecule has 4 aromatic rings. The van der Waals surface area contributed by atoms with Gasteiger partial charge in [0.15, 0.2) is 0 Å². The predicted octanol–water partition coefficient (Wildman–Crippen LogP) is 5.20. The number of halogens is 1. The fraction of sp³-hybridized carbons (Fsp3) is 0.160. The van der Waals surface area contributed by atoms with Gasteiger partial charge in [0, 0.05) is 16.8 Å². The van der Waals surface area contributed by atoms with E-state index in [1.54, 1.807) is 6.07 Å². The molecular weight excluding hydrogens is 421 g/mol. The number of aliphatic imine (C=N–C) groups is 1. The molecule has 33 heavy (non-hydrogen) atoms. The van der Waals surface area contributed by atoms with Crippen molar-refractivity contribution in [3.63, 3.8) is 0 Å². The summed E-state index contributed by atoms with van der Waals surface area (Å²) in [4.78, 5) is 13.1. The summed E-state index contributed by atoms with van der Waals surface area (Å²) in [5.74, 6) is 1.15. The van der Waals surface area contributed by atoms with E-state index >= 15 is 0 Å². The molecule has 1 aliphatic rings. The van der Waals surface area contributed by atoms with Crippen LogP contribution in [0.1, 0.15) is 11.1 Å². The fourth-order valence-electron chi connectivity index (χ4n) is 3.58. The zero-order chi connectivity index (χ0) is 22.6. The number of ether oxygens (including phenoxy) is 2. The minimum atomic E-state index is -0.272. The Bertz CT molecular complexity index is 1340. The highest BCUT2D eigenvalue weighted by Crippen LogP contribution is 2.29. The van der Waals surface area contributed by atoms with Gasteiger partial charge in [0.25, 0.3) is 6.02 Å². The summed E-state index contributed by atoms with van der Waals surface area (Å²) in [6.45, 7) is 3.52. The molecule has 3 aromatic carbocycles. The topological polar surface area (TPSA) is 80.7 Å². The number of aryl methyl sites for hydroxylation is 1. The van der Waals surface area contributed by atoms with E-state index in [1.807, 2.05) is 49.4 Å². The SMILES string of the molecule is Cc1cc(Nc2ncnc3ccc(NC4=NCCO4)cc23)ccc1OCc1cccc(F)c1. The van der Waals surface area contributed by atoms with Crippen molar-refractivity contribution in [1.29, 1.82) is 0 Å². The van der Waals surface area contributed by atoms with Gasteiger partial charge in [-0.05, 0) is 66.6 Å². The van der Waals surface area contributed by atoms with Crippen LogP contribution < -0.4 is 15.4 Å². The zero-order valence-electron chi connectivity index (χ0n) is 18.0. The van der Waals surface area contributed by atoms with Crippen LogP contribution in [-0.2, 0) is 11.3 Å². The largest absolute Gasteiger partial charge is 0.489 e. The molecule has 0 saturated carbocycles. The van der Waals surface area contributed by atoms with Crippen molar-refractivity contribution in [2.75, 3.05) is 23.8 Å². The van der Waals surface area contributed by atoms with Gasteiger partial charge in [0.2, 0.25) is 0 Å². The lowest BCUT2D eigenvalue weighted by Crippen LogP contribution is -2.11. The first kappa shape index (κ1) is 20.7. The summed E-state index contributed by atoms with van der Waals surface area (Å²) in [5.41, 5.74) is 4.26. The average Bonchev–Trinajstić information content (AvgIpc) is 3.32. The molecule has 1 aliphatic heterocycles. The second kappa shape index (κ2) is 9.12. The Hall–Kier alpha value is -4.20. The van der Waals surface area contributed by atoms with Crippen molar-refractivity contribution in [2.24, 2.45) is 4.99 Å². The Morgan fingerprint density at radius 1 is 1.00 bits per heavy atom. The van der Waals surface area contributed by atoms with Crippen molar-refractivity contribution in [3.8, 4) is 5.75 Å². The van der Waals surface area contributed by atoms with E-state index in [2.05, 4.69) is 25.6 Å². The monoisotopic (exact) mass is 443 g/mol. The maximum Gasteiger partial charge on any atom is 0.289 e. The molecule has 8 heteroatoms. The number of nitrogens with one attached hydrogen (secondary N) is 2. The van der Waals surface area contributed by atoms with Crippen LogP contribution in [0.15, 0.2) is 72.0 Å². The van der Waals surface area contributed by atoms with E-state index in [0.717, 1.165) is 39.2 Å². The van der Waals surface area contributed by atoms with Crippen molar-refractivity contribution in [1.82, 2.24) is 9.97 Å². The van der Waals surface area contributed by atoms with Crippen LogP contribution in [0.5, 0.6) is 5.75 Å². The summed E-state index contributed by atoms with van der Waals surface area (Å²) in [6.07, 6.45) is 1.53. The van der Waals surface area contributed by atoms with E-state index in [9.17, 15) is 4.39 Å². The summed E-state index contributed by atoms with van der Waals surface area (Å²) < 4.78 is 24.7. The van der Waals surface area contributed by atoms with Crippen LogP contribution in [0.25, 0.3) is 10.9 Å². The molecule has 0 radical (unpaired) electrons. The molecule has 0 aliphatic carbocycles. The highest BCUT2D eigenvalue weighted by atomic mass is 19.1. The van der Waals surface area contributed by atoms with Crippen molar-refractivity contribution < 1.29 is 13.9 Å². The Morgan fingerprint density at radius 3 is 2.70 bits per heavy atom. The number of nitrogens with zero attached hydrogens (tertiary/aromatic N) is 3. The Balaban J connectivity index is 1.33. The molecule has 0 atom stereocenters. The third kappa shape index (κ3) is 4.85. The predicted molar refractivity (Wildman–Crippen MR) is 127 cm³/mol. The molecule has 166 valence electrons. The van der Waals surface area contributed by atoms with Crippen LogP contribution >= 0.6 is 0 Å². The third-order valence-electron chi connectivity index (χ3n) is 5.19. The summed E-state index contributed by atoms with van der Waals surface area (Å²) in [6, 6.07) is 18.5. The van der Waals surface area contributed by atoms with Gasteiger partial charge in [-0.15, -0.1) is 0 Å². The molecule has 2 heterocycles. The highest BCUT2D eigenvalue weighted by Gasteiger charge is 2.11. The van der Waals surface area contributed by atoms with Gasteiger partial charge in [-0.2, -0.15) is 0 Å². The molecule has 0 amide bonds. The number of fused-ring (bicyclic) bond motifs is 1.